The van der Waals surface area contributed by atoms with E-state index in [9.17, 15) is 8.42 Å². The minimum absolute atomic E-state index is 0.314. The topological polar surface area (TPSA) is 39.1 Å². The second-order valence-electron chi connectivity index (χ2n) is 7.25. The number of hydrogen-bond acceptors (Lipinski definition) is 2. The van der Waals surface area contributed by atoms with E-state index in [1.807, 2.05) is 98.3 Å². The summed E-state index contributed by atoms with van der Waals surface area (Å²) in [6.07, 6.45) is 0. The summed E-state index contributed by atoms with van der Waals surface area (Å²) >= 11 is 0. The molecule has 0 aliphatic rings. The molecule has 0 aliphatic heterocycles. The highest BCUT2D eigenvalue weighted by molar-refractivity contribution is 7.91. The predicted molar refractivity (Wildman–Crippen MR) is 118 cm³/mol. The molecule has 4 heteroatoms. The van der Waals surface area contributed by atoms with Crippen LogP contribution in [-0.4, -0.2) is 13.0 Å². The van der Waals surface area contributed by atoms with Crippen molar-refractivity contribution in [2.45, 2.75) is 23.6 Å². The molecule has 0 aliphatic carbocycles. The van der Waals surface area contributed by atoms with Crippen molar-refractivity contribution < 1.29 is 8.42 Å². The van der Waals surface area contributed by atoms with Gasteiger partial charge in [-0.1, -0.05) is 78.4 Å². The summed E-state index contributed by atoms with van der Waals surface area (Å²) in [7, 11) is -1.77. The molecule has 4 rings (SSSR count). The zero-order valence-corrected chi connectivity index (χ0v) is 17.6. The van der Waals surface area contributed by atoms with Crippen LogP contribution in [0.4, 0.5) is 0 Å². The third kappa shape index (κ3) is 3.30. The number of benzene rings is 3. The molecule has 0 N–H and O–H groups in total. The van der Waals surface area contributed by atoms with Gasteiger partial charge in [-0.25, -0.2) is 8.42 Å². The number of aryl methyl sites for hydroxylation is 1. The minimum atomic E-state index is -3.70. The van der Waals surface area contributed by atoms with Crippen LogP contribution in [0.5, 0.6) is 0 Å². The van der Waals surface area contributed by atoms with Gasteiger partial charge in [0.05, 0.1) is 10.6 Å². The van der Waals surface area contributed by atoms with Gasteiger partial charge in [0.1, 0.15) is 4.90 Å². The summed E-state index contributed by atoms with van der Waals surface area (Å²) < 4.78 is 29.5. The van der Waals surface area contributed by atoms with E-state index >= 15 is 0 Å². The molecule has 0 spiro atoms. The number of rotatable bonds is 4. The molecule has 1 heterocycles. The van der Waals surface area contributed by atoms with Crippen molar-refractivity contribution in [2.24, 2.45) is 7.05 Å². The predicted octanol–water partition coefficient (Wildman–Crippen LogP) is 5.81. The second kappa shape index (κ2) is 7.37. The average Bonchev–Trinajstić information content (AvgIpc) is 3.01. The molecule has 0 fully saturated rings. The zero-order valence-electron chi connectivity index (χ0n) is 16.8. The molecule has 0 saturated heterocycles. The second-order valence-corrected chi connectivity index (χ2v) is 9.13. The lowest BCUT2D eigenvalue weighted by Crippen LogP contribution is -2.05. The Balaban J connectivity index is 2.09. The van der Waals surface area contributed by atoms with Crippen LogP contribution >= 0.6 is 0 Å². The van der Waals surface area contributed by atoms with Crippen molar-refractivity contribution in [3.05, 3.63) is 96.2 Å². The van der Waals surface area contributed by atoms with E-state index < -0.39 is 9.84 Å². The number of aromatic nitrogens is 1. The van der Waals surface area contributed by atoms with E-state index in [1.54, 1.807) is 12.1 Å². The Hall–Kier alpha value is -3.11. The van der Waals surface area contributed by atoms with E-state index in [1.165, 1.54) is 0 Å². The number of hydrogen-bond donors (Lipinski definition) is 0. The molecular formula is C25H23NO2S. The van der Waals surface area contributed by atoms with Crippen LogP contribution in [0.15, 0.2) is 94.7 Å². The van der Waals surface area contributed by atoms with Gasteiger partial charge in [0, 0.05) is 18.3 Å². The van der Waals surface area contributed by atoms with Crippen molar-refractivity contribution in [1.82, 2.24) is 4.57 Å². The van der Waals surface area contributed by atoms with E-state index in [0.717, 1.165) is 33.6 Å². The van der Waals surface area contributed by atoms with E-state index in [0.29, 0.717) is 9.79 Å². The summed E-state index contributed by atoms with van der Waals surface area (Å²) in [5.41, 5.74) is 5.28. The first kappa shape index (κ1) is 19.2. The van der Waals surface area contributed by atoms with Crippen LogP contribution < -0.4 is 0 Å². The van der Waals surface area contributed by atoms with Crippen molar-refractivity contribution in [3.8, 4) is 22.4 Å². The van der Waals surface area contributed by atoms with Gasteiger partial charge in [-0.2, -0.15) is 0 Å². The molecule has 29 heavy (non-hydrogen) atoms. The van der Waals surface area contributed by atoms with E-state index in [2.05, 4.69) is 0 Å². The fourth-order valence-electron chi connectivity index (χ4n) is 3.75. The Morgan fingerprint density at radius 2 is 1.21 bits per heavy atom. The largest absolute Gasteiger partial charge is 0.346 e. The third-order valence-corrected chi connectivity index (χ3v) is 7.27. The summed E-state index contributed by atoms with van der Waals surface area (Å²) in [5, 5.41) is 0. The maximum Gasteiger partial charge on any atom is 0.208 e. The molecule has 0 atom stereocenters. The summed E-state index contributed by atoms with van der Waals surface area (Å²) in [5.74, 6) is 0. The molecule has 0 bridgehead atoms. The van der Waals surface area contributed by atoms with Crippen molar-refractivity contribution >= 4 is 9.84 Å². The van der Waals surface area contributed by atoms with Crippen LogP contribution in [0, 0.1) is 13.8 Å². The minimum Gasteiger partial charge on any atom is -0.346 e. The lowest BCUT2D eigenvalue weighted by atomic mass is 10.0. The Morgan fingerprint density at radius 1 is 0.690 bits per heavy atom. The third-order valence-electron chi connectivity index (χ3n) is 5.34. The molecule has 3 nitrogen and oxygen atoms in total. The highest BCUT2D eigenvalue weighted by Crippen LogP contribution is 2.42. The Labute approximate surface area is 172 Å². The number of sulfone groups is 1. The van der Waals surface area contributed by atoms with Crippen LogP contribution in [0.25, 0.3) is 22.4 Å². The Morgan fingerprint density at radius 3 is 1.76 bits per heavy atom. The normalized spacial score (nSPS) is 11.6. The van der Waals surface area contributed by atoms with Gasteiger partial charge in [-0.15, -0.1) is 0 Å². The van der Waals surface area contributed by atoms with Gasteiger partial charge < -0.3 is 4.57 Å². The molecule has 0 radical (unpaired) electrons. The summed E-state index contributed by atoms with van der Waals surface area (Å²) in [6.45, 7) is 3.83. The van der Waals surface area contributed by atoms with Crippen LogP contribution in [0.2, 0.25) is 0 Å². The maximum atomic E-state index is 13.7. The molecule has 0 amide bonds. The zero-order chi connectivity index (χ0) is 20.6. The lowest BCUT2D eigenvalue weighted by molar-refractivity contribution is 0.595. The van der Waals surface area contributed by atoms with Gasteiger partial charge in [0.25, 0.3) is 0 Å². The summed E-state index contributed by atoms with van der Waals surface area (Å²) in [4.78, 5) is 0.683. The highest BCUT2D eigenvalue weighted by atomic mass is 32.2. The van der Waals surface area contributed by atoms with Crippen molar-refractivity contribution in [3.63, 3.8) is 0 Å². The van der Waals surface area contributed by atoms with Crippen LogP contribution in [0.3, 0.4) is 0 Å². The SMILES string of the molecule is Cc1ccc(S(=O)(=O)c2c(-c3ccccc3)c(-c3ccccc3)n(C)c2C)cc1. The van der Waals surface area contributed by atoms with Crippen molar-refractivity contribution in [1.29, 1.82) is 0 Å². The number of nitrogens with zero attached hydrogens (tertiary/aromatic N) is 1. The highest BCUT2D eigenvalue weighted by Gasteiger charge is 2.30. The smallest absolute Gasteiger partial charge is 0.208 e. The molecule has 1 aromatic heterocycles. The molecule has 3 aromatic carbocycles. The van der Waals surface area contributed by atoms with E-state index in [-0.39, 0.29) is 0 Å². The quantitative estimate of drug-likeness (QED) is 0.433. The standard InChI is InChI=1S/C25H23NO2S/c1-18-14-16-22(17-15-18)29(27,28)25-19(2)26(3)24(21-12-8-5-9-13-21)23(25)20-10-6-4-7-11-20/h4-17H,1-3H3. The van der Waals surface area contributed by atoms with Gasteiger partial charge >= 0.3 is 0 Å². The fourth-order valence-corrected chi connectivity index (χ4v) is 5.49. The molecule has 4 aromatic rings. The van der Waals surface area contributed by atoms with Gasteiger partial charge in [0.2, 0.25) is 9.84 Å². The summed E-state index contributed by atoms with van der Waals surface area (Å²) in [6, 6.07) is 26.8. The van der Waals surface area contributed by atoms with Crippen molar-refractivity contribution in [2.75, 3.05) is 0 Å². The first-order valence-corrected chi connectivity index (χ1v) is 11.0. The Bertz CT molecular complexity index is 1250. The Kier molecular flexibility index (Phi) is 4.89. The van der Waals surface area contributed by atoms with Crippen LogP contribution in [-0.2, 0) is 16.9 Å². The van der Waals surface area contributed by atoms with E-state index in [4.69, 9.17) is 0 Å². The van der Waals surface area contributed by atoms with Gasteiger partial charge in [0.15, 0.2) is 0 Å². The van der Waals surface area contributed by atoms with Gasteiger partial charge in [-0.3, -0.25) is 0 Å². The molecule has 146 valence electrons. The maximum absolute atomic E-state index is 13.7. The molecule has 0 saturated carbocycles. The average molecular weight is 402 g/mol. The molecule has 0 unspecified atom stereocenters. The van der Waals surface area contributed by atoms with Crippen LogP contribution in [0.1, 0.15) is 11.3 Å². The first-order valence-electron chi connectivity index (χ1n) is 9.53. The monoisotopic (exact) mass is 401 g/mol. The first-order chi connectivity index (χ1) is 13.9. The molecular weight excluding hydrogens is 378 g/mol. The lowest BCUT2D eigenvalue weighted by Gasteiger charge is -2.11. The van der Waals surface area contributed by atoms with Gasteiger partial charge in [-0.05, 0) is 37.1 Å². The fraction of sp³-hybridized carbons (Fsp3) is 0.120.